The van der Waals surface area contributed by atoms with Crippen LogP contribution >= 0.6 is 0 Å². The minimum Gasteiger partial charge on any atom is -0.398 e. The lowest BCUT2D eigenvalue weighted by Crippen LogP contribution is -2.31. The second-order valence-corrected chi connectivity index (χ2v) is 3.60. The van der Waals surface area contributed by atoms with Crippen molar-refractivity contribution >= 4 is 17.4 Å². The quantitative estimate of drug-likeness (QED) is 0.299. The fourth-order valence-corrected chi connectivity index (χ4v) is 1.37. The topological polar surface area (TPSA) is 104 Å². The third kappa shape index (κ3) is 3.27. The van der Waals surface area contributed by atoms with Crippen molar-refractivity contribution in [3.63, 3.8) is 0 Å². The van der Waals surface area contributed by atoms with E-state index >= 15 is 0 Å². The second kappa shape index (κ2) is 5.42. The number of nitrogen functional groups attached to an aromatic ring is 1. The number of para-hydroxylation sites is 1. The molecule has 1 amide bonds. The number of likely N-dealkylation sites (N-methyl/N-ethyl adjacent to an activating group) is 1. The normalized spacial score (nSPS) is 11.9. The molecule has 0 aromatic heterocycles. The number of carbonyl (C=O) groups is 2. The number of aliphatic hydroxyl groups is 1. The van der Waals surface area contributed by atoms with Crippen LogP contribution in [-0.4, -0.2) is 34.1 Å². The molecule has 0 heterocycles. The molecule has 1 aromatic carbocycles. The third-order valence-electron chi connectivity index (χ3n) is 2.27. The predicted molar refractivity (Wildman–Crippen MR) is 60.0 cm³/mol. The van der Waals surface area contributed by atoms with Crippen molar-refractivity contribution in [1.29, 1.82) is 0 Å². The highest BCUT2D eigenvalue weighted by atomic mass is 16.5. The second-order valence-electron chi connectivity index (χ2n) is 3.60. The molecule has 0 bridgehead atoms. The molecule has 0 aliphatic carbocycles. The fourth-order valence-electron chi connectivity index (χ4n) is 1.37. The molecule has 0 fully saturated rings. The molecule has 1 rings (SSSR count). The molecule has 0 spiro atoms. The average molecular weight is 238 g/mol. The Bertz CT molecular complexity index is 431. The number of Topliss-reactive ketones (excluding diaryl/α,β-unsaturated/α-hetero) is 1. The Morgan fingerprint density at radius 1 is 1.41 bits per heavy atom. The summed E-state index contributed by atoms with van der Waals surface area (Å²) < 4.78 is 0. The van der Waals surface area contributed by atoms with Crippen molar-refractivity contribution in [1.82, 2.24) is 5.06 Å². The highest BCUT2D eigenvalue weighted by Gasteiger charge is 2.22. The molecule has 17 heavy (non-hydrogen) atoms. The van der Waals surface area contributed by atoms with Crippen LogP contribution in [0.3, 0.4) is 0 Å². The summed E-state index contributed by atoms with van der Waals surface area (Å²) in [4.78, 5) is 22.4. The largest absolute Gasteiger partial charge is 0.398 e. The maximum absolute atomic E-state index is 11.3. The zero-order valence-electron chi connectivity index (χ0n) is 9.33. The van der Waals surface area contributed by atoms with Crippen molar-refractivity contribution < 1.29 is 19.9 Å². The predicted octanol–water partition coefficient (Wildman–Crippen LogP) is 0.109. The van der Waals surface area contributed by atoms with Crippen molar-refractivity contribution in [3.8, 4) is 0 Å². The first-order valence-electron chi connectivity index (χ1n) is 4.95. The maximum Gasteiger partial charge on any atom is 0.313 e. The van der Waals surface area contributed by atoms with Gasteiger partial charge in [-0.1, -0.05) is 18.2 Å². The van der Waals surface area contributed by atoms with Gasteiger partial charge in [0.25, 0.3) is 0 Å². The van der Waals surface area contributed by atoms with Crippen LogP contribution in [0.4, 0.5) is 5.69 Å². The fraction of sp³-hybridized carbons (Fsp3) is 0.273. The molecular formula is C11H14N2O4. The zero-order chi connectivity index (χ0) is 13.0. The molecule has 1 atom stereocenters. The van der Waals surface area contributed by atoms with Crippen LogP contribution in [0.15, 0.2) is 24.3 Å². The van der Waals surface area contributed by atoms with Gasteiger partial charge in [-0.2, -0.15) is 0 Å². The van der Waals surface area contributed by atoms with Gasteiger partial charge in [0.15, 0.2) is 0 Å². The van der Waals surface area contributed by atoms with E-state index in [1.807, 2.05) is 0 Å². The van der Waals surface area contributed by atoms with Gasteiger partial charge in [-0.3, -0.25) is 14.8 Å². The van der Waals surface area contributed by atoms with Crippen LogP contribution in [0.5, 0.6) is 0 Å². The Labute approximate surface area is 98.2 Å². The maximum atomic E-state index is 11.3. The van der Waals surface area contributed by atoms with Crippen molar-refractivity contribution in [2.45, 2.75) is 12.5 Å². The number of rotatable bonds is 4. The monoisotopic (exact) mass is 238 g/mol. The number of carbonyl (C=O) groups excluding carboxylic acids is 2. The van der Waals surface area contributed by atoms with E-state index in [2.05, 4.69) is 0 Å². The van der Waals surface area contributed by atoms with Gasteiger partial charge in [0.2, 0.25) is 5.78 Å². The Morgan fingerprint density at radius 2 is 2.00 bits per heavy atom. The first-order valence-corrected chi connectivity index (χ1v) is 4.95. The van der Waals surface area contributed by atoms with Crippen LogP contribution in [0.2, 0.25) is 0 Å². The van der Waals surface area contributed by atoms with E-state index in [0.29, 0.717) is 11.3 Å². The Kier molecular flexibility index (Phi) is 4.19. The number of hydrogen-bond acceptors (Lipinski definition) is 5. The molecule has 4 N–H and O–H groups in total. The number of aliphatic hydroxyl groups excluding tert-OH is 1. The van der Waals surface area contributed by atoms with Gasteiger partial charge >= 0.3 is 5.91 Å². The molecule has 0 saturated heterocycles. The molecule has 6 nitrogen and oxygen atoms in total. The van der Waals surface area contributed by atoms with E-state index in [0.717, 1.165) is 7.05 Å². The van der Waals surface area contributed by atoms with Gasteiger partial charge in [0.1, 0.15) is 0 Å². The highest BCUT2D eigenvalue weighted by molar-refractivity contribution is 6.35. The molecule has 0 saturated carbocycles. The summed E-state index contributed by atoms with van der Waals surface area (Å²) in [5, 5.41) is 18.7. The number of amides is 1. The zero-order valence-corrected chi connectivity index (χ0v) is 9.33. The molecule has 92 valence electrons. The number of ketones is 1. The van der Waals surface area contributed by atoms with E-state index in [9.17, 15) is 14.7 Å². The van der Waals surface area contributed by atoms with Crippen LogP contribution in [-0.2, 0) is 9.59 Å². The smallest absolute Gasteiger partial charge is 0.313 e. The number of anilines is 1. The highest BCUT2D eigenvalue weighted by Crippen LogP contribution is 2.22. The van der Waals surface area contributed by atoms with Crippen LogP contribution in [0.1, 0.15) is 18.1 Å². The number of hydroxylamine groups is 2. The van der Waals surface area contributed by atoms with E-state index < -0.39 is 24.2 Å². The molecule has 1 unspecified atom stereocenters. The van der Waals surface area contributed by atoms with Gasteiger partial charge in [-0.15, -0.1) is 0 Å². The third-order valence-corrected chi connectivity index (χ3v) is 2.27. The summed E-state index contributed by atoms with van der Waals surface area (Å²) in [7, 11) is 1.05. The number of nitrogens with zero attached hydrogens (tertiary/aromatic N) is 1. The van der Waals surface area contributed by atoms with Crippen molar-refractivity contribution in [2.24, 2.45) is 0 Å². The summed E-state index contributed by atoms with van der Waals surface area (Å²) in [6.45, 7) is 0. The molecule has 0 aliphatic rings. The van der Waals surface area contributed by atoms with Crippen LogP contribution in [0.25, 0.3) is 0 Å². The van der Waals surface area contributed by atoms with Gasteiger partial charge in [-0.05, 0) is 6.07 Å². The van der Waals surface area contributed by atoms with Crippen LogP contribution in [0, 0.1) is 0 Å². The summed E-state index contributed by atoms with van der Waals surface area (Å²) in [6.07, 6.45) is -1.58. The number of benzene rings is 1. The first-order chi connectivity index (χ1) is 7.93. The van der Waals surface area contributed by atoms with Crippen molar-refractivity contribution in [3.05, 3.63) is 29.8 Å². The lowest BCUT2D eigenvalue weighted by molar-refractivity contribution is -0.166. The summed E-state index contributed by atoms with van der Waals surface area (Å²) in [5.41, 5.74) is 6.35. The molecular weight excluding hydrogens is 224 g/mol. The minimum absolute atomic E-state index is 0.184. The van der Waals surface area contributed by atoms with Gasteiger partial charge in [-0.25, -0.2) is 5.06 Å². The Morgan fingerprint density at radius 3 is 2.53 bits per heavy atom. The van der Waals surface area contributed by atoms with Gasteiger partial charge < -0.3 is 10.8 Å². The summed E-state index contributed by atoms with van der Waals surface area (Å²) >= 11 is 0. The van der Waals surface area contributed by atoms with Crippen LogP contribution < -0.4 is 5.73 Å². The van der Waals surface area contributed by atoms with E-state index in [4.69, 9.17) is 10.9 Å². The number of nitrogens with two attached hydrogens (primary N) is 1. The lowest BCUT2D eigenvalue weighted by Gasteiger charge is -2.13. The molecule has 0 radical (unpaired) electrons. The average Bonchev–Trinajstić information content (AvgIpc) is 2.28. The Balaban J connectivity index is 2.74. The summed E-state index contributed by atoms with van der Waals surface area (Å²) in [6, 6.07) is 6.52. The van der Waals surface area contributed by atoms with E-state index in [-0.39, 0.29) is 5.06 Å². The molecule has 0 aliphatic heterocycles. The van der Waals surface area contributed by atoms with Gasteiger partial charge in [0.05, 0.1) is 6.10 Å². The first kappa shape index (κ1) is 13.1. The van der Waals surface area contributed by atoms with E-state index in [1.165, 1.54) is 0 Å². The van der Waals surface area contributed by atoms with Crippen molar-refractivity contribution in [2.75, 3.05) is 12.8 Å². The summed E-state index contributed by atoms with van der Waals surface area (Å²) in [5.74, 6) is -1.95. The SMILES string of the molecule is CN(O)C(=O)C(=O)CC(O)c1ccccc1N. The molecule has 6 heteroatoms. The van der Waals surface area contributed by atoms with E-state index in [1.54, 1.807) is 24.3 Å². The minimum atomic E-state index is -1.16. The lowest BCUT2D eigenvalue weighted by atomic mass is 10.0. The molecule has 1 aromatic rings. The number of hydrogen-bond donors (Lipinski definition) is 3. The van der Waals surface area contributed by atoms with Gasteiger partial charge in [0, 0.05) is 24.7 Å². The Hall–Kier alpha value is -1.92. The standard InChI is InChI=1S/C11H14N2O4/c1-13(17)11(16)10(15)6-9(14)7-4-2-3-5-8(7)12/h2-5,9,14,17H,6,12H2,1H3.